The molecule has 0 saturated carbocycles. The van der Waals surface area contributed by atoms with Crippen LogP contribution in [0.2, 0.25) is 0 Å². The topological polar surface area (TPSA) is 97.4 Å². The van der Waals surface area contributed by atoms with Crippen LogP contribution >= 0.6 is 0 Å². The lowest BCUT2D eigenvalue weighted by Crippen LogP contribution is -2.02. The lowest BCUT2D eigenvalue weighted by Gasteiger charge is -2.14. The number of nitrogens with one attached hydrogen (secondary N) is 2. The van der Waals surface area contributed by atoms with Crippen molar-refractivity contribution in [1.82, 2.24) is 9.97 Å². The maximum absolute atomic E-state index is 8.99. The smallest absolute Gasteiger partial charge is 0.229 e. The Labute approximate surface area is 172 Å². The number of nitrogens with zero attached hydrogens (tertiary/aromatic N) is 4. The third-order valence-corrected chi connectivity index (χ3v) is 3.63. The zero-order valence-corrected chi connectivity index (χ0v) is 15.1. The summed E-state index contributed by atoms with van der Waals surface area (Å²) < 4.78 is 49.1. The van der Waals surface area contributed by atoms with E-state index < -0.39 is 6.17 Å². The van der Waals surface area contributed by atoms with Gasteiger partial charge in [-0.05, 0) is 79.0 Å². The molecule has 0 amide bonds. The first-order chi connectivity index (χ1) is 16.1. The van der Waals surface area contributed by atoms with Crippen molar-refractivity contribution in [2.75, 3.05) is 10.6 Å². The van der Waals surface area contributed by atoms with E-state index in [2.05, 4.69) is 20.6 Å². The minimum absolute atomic E-state index is 0.0323. The highest BCUT2D eigenvalue weighted by atomic mass is 15.1. The molecule has 0 aliphatic heterocycles. The van der Waals surface area contributed by atoms with Crippen LogP contribution in [0.25, 0.3) is 6.08 Å². The van der Waals surface area contributed by atoms with Gasteiger partial charge in [-0.1, -0.05) is 0 Å². The number of benzene rings is 2. The zero-order valence-electron chi connectivity index (χ0n) is 21.1. The first-order valence-electron chi connectivity index (χ1n) is 11.2. The Hall–Kier alpha value is -4.16. The average molecular weight is 372 g/mol. The Balaban J connectivity index is 2.06. The summed E-state index contributed by atoms with van der Waals surface area (Å²) in [5.41, 5.74) is 1.75. The monoisotopic (exact) mass is 372 g/mol. The Kier molecular flexibility index (Phi) is 3.72. The van der Waals surface area contributed by atoms with E-state index in [1.54, 1.807) is 13.8 Å². The van der Waals surface area contributed by atoms with Gasteiger partial charge in [-0.15, -0.1) is 0 Å². The summed E-state index contributed by atoms with van der Waals surface area (Å²) in [6.45, 7) is 3.31. The second-order valence-corrected chi connectivity index (χ2v) is 5.65. The van der Waals surface area contributed by atoms with E-state index in [9.17, 15) is 0 Å². The largest absolute Gasteiger partial charge is 0.340 e. The molecule has 0 saturated heterocycles. The van der Waals surface area contributed by atoms with Crippen LogP contribution in [0.4, 0.5) is 23.1 Å². The van der Waals surface area contributed by atoms with Gasteiger partial charge in [-0.3, -0.25) is 0 Å². The number of rotatable bonds is 5. The van der Waals surface area contributed by atoms with Gasteiger partial charge in [0.2, 0.25) is 5.95 Å². The molecule has 1 aromatic heterocycles. The molecular weight excluding hydrogens is 348 g/mol. The van der Waals surface area contributed by atoms with E-state index in [4.69, 9.17) is 18.7 Å². The van der Waals surface area contributed by atoms with E-state index in [0.29, 0.717) is 16.8 Å². The highest BCUT2D eigenvalue weighted by Crippen LogP contribution is 2.26. The molecule has 0 aliphatic rings. The van der Waals surface area contributed by atoms with E-state index in [-0.39, 0.29) is 58.8 Å². The Morgan fingerprint density at radius 3 is 2.43 bits per heavy atom. The summed E-state index contributed by atoms with van der Waals surface area (Å²) in [7, 11) is 0. The van der Waals surface area contributed by atoms with E-state index in [0.717, 1.165) is 0 Å². The standard InChI is InChI=1S/C22H18N6/c1-15-12-18(4-3-10-23)13-16(2)21(15)27-20-9-11-25-22(28-20)26-19-7-5-17(14-24)6-8-19/h3-9,11-13H,1-2H3,(H2,25,26,27,28)/b4-3+/i7D,8D,9D,11D,12D,13D. The van der Waals surface area contributed by atoms with Gasteiger partial charge in [-0.25, -0.2) is 4.98 Å². The highest BCUT2D eigenvalue weighted by Gasteiger charge is 2.07. The van der Waals surface area contributed by atoms with Crippen LogP contribution < -0.4 is 10.6 Å². The van der Waals surface area contributed by atoms with Gasteiger partial charge < -0.3 is 10.6 Å². The van der Waals surface area contributed by atoms with Gasteiger partial charge in [0.05, 0.1) is 25.9 Å². The molecule has 0 spiro atoms. The summed E-state index contributed by atoms with van der Waals surface area (Å²) in [6, 6.07) is 5.75. The van der Waals surface area contributed by atoms with E-state index >= 15 is 0 Å². The molecule has 28 heavy (non-hydrogen) atoms. The maximum atomic E-state index is 8.99. The molecular formula is C22H18N6. The fourth-order valence-corrected chi connectivity index (χ4v) is 2.39. The molecule has 6 heteroatoms. The third kappa shape index (κ3) is 4.51. The number of hydrogen-bond acceptors (Lipinski definition) is 6. The quantitative estimate of drug-likeness (QED) is 0.612. The molecule has 0 bridgehead atoms. The number of hydrogen-bond donors (Lipinski definition) is 2. The molecule has 2 aromatic carbocycles. The molecule has 6 nitrogen and oxygen atoms in total. The summed E-state index contributed by atoms with van der Waals surface area (Å²) in [5.74, 6) is -0.212. The van der Waals surface area contributed by atoms with Crippen molar-refractivity contribution < 1.29 is 8.22 Å². The Morgan fingerprint density at radius 2 is 1.79 bits per heavy atom. The van der Waals surface area contributed by atoms with Crippen LogP contribution in [0.3, 0.4) is 0 Å². The van der Waals surface area contributed by atoms with Gasteiger partial charge in [-0.2, -0.15) is 15.5 Å². The third-order valence-electron chi connectivity index (χ3n) is 3.63. The maximum Gasteiger partial charge on any atom is 0.229 e. The Bertz CT molecular complexity index is 1370. The minimum atomic E-state index is -0.423. The second kappa shape index (κ2) is 8.48. The van der Waals surface area contributed by atoms with Gasteiger partial charge in [0.15, 0.2) is 0 Å². The lowest BCUT2D eigenvalue weighted by atomic mass is 10.0. The van der Waals surface area contributed by atoms with Crippen molar-refractivity contribution in [1.29, 1.82) is 10.5 Å². The first kappa shape index (κ1) is 12.3. The molecule has 1 heterocycles. The number of aromatic nitrogens is 2. The van der Waals surface area contributed by atoms with Crippen molar-refractivity contribution in [2.24, 2.45) is 0 Å². The molecule has 3 rings (SSSR count). The second-order valence-electron chi connectivity index (χ2n) is 5.65. The summed E-state index contributed by atoms with van der Waals surface area (Å²) in [6.07, 6.45) is 2.17. The summed E-state index contributed by atoms with van der Waals surface area (Å²) >= 11 is 0. The Morgan fingerprint density at radius 1 is 1.07 bits per heavy atom. The lowest BCUT2D eigenvalue weighted by molar-refractivity contribution is 1.16. The van der Waals surface area contributed by atoms with Crippen molar-refractivity contribution in [2.45, 2.75) is 13.8 Å². The summed E-state index contributed by atoms with van der Waals surface area (Å²) in [4.78, 5) is 8.10. The molecule has 0 radical (unpaired) electrons. The molecule has 0 atom stereocenters. The van der Waals surface area contributed by atoms with E-state index in [1.807, 2.05) is 12.1 Å². The molecule has 136 valence electrons. The van der Waals surface area contributed by atoms with Crippen molar-refractivity contribution in [3.05, 3.63) is 76.8 Å². The molecule has 0 aliphatic carbocycles. The van der Waals surface area contributed by atoms with Gasteiger partial charge in [0.25, 0.3) is 0 Å². The average Bonchev–Trinajstić information content (AvgIpc) is 2.80. The SMILES string of the molecule is [2H]c1cc(C#N)cc([2H])c1Nc1nc([2H])c([2H])c(Nc2c(C)c([2H])c(/C=C/C#N)c([2H])c2C)n1. The van der Waals surface area contributed by atoms with Crippen LogP contribution in [0, 0.1) is 36.5 Å². The fourth-order valence-electron chi connectivity index (χ4n) is 2.39. The molecule has 0 unspecified atom stereocenters. The van der Waals surface area contributed by atoms with Crippen LogP contribution in [0.1, 0.15) is 30.5 Å². The first-order valence-corrected chi connectivity index (χ1v) is 8.16. The molecule has 2 N–H and O–H groups in total. The number of anilines is 4. The van der Waals surface area contributed by atoms with Crippen molar-refractivity contribution >= 4 is 29.2 Å². The van der Waals surface area contributed by atoms with Crippen molar-refractivity contribution in [3.63, 3.8) is 0 Å². The highest BCUT2D eigenvalue weighted by molar-refractivity contribution is 5.69. The normalized spacial score (nSPS) is 13.3. The molecule has 3 aromatic rings. The molecule has 0 fully saturated rings. The fraction of sp³-hybridized carbons (Fsp3) is 0.0909. The van der Waals surface area contributed by atoms with E-state index in [1.165, 1.54) is 24.3 Å². The van der Waals surface area contributed by atoms with Crippen LogP contribution in [-0.2, 0) is 0 Å². The van der Waals surface area contributed by atoms with Crippen LogP contribution in [0.15, 0.2) is 54.6 Å². The number of allylic oxidation sites excluding steroid dienone is 1. The van der Waals surface area contributed by atoms with Gasteiger partial charge in [0.1, 0.15) is 5.82 Å². The number of nitriles is 2. The van der Waals surface area contributed by atoms with Gasteiger partial charge >= 0.3 is 0 Å². The van der Waals surface area contributed by atoms with Crippen LogP contribution in [0.5, 0.6) is 0 Å². The predicted octanol–water partition coefficient (Wildman–Crippen LogP) is 4.99. The predicted molar refractivity (Wildman–Crippen MR) is 110 cm³/mol. The summed E-state index contributed by atoms with van der Waals surface area (Å²) in [5, 5.41) is 23.4. The zero-order chi connectivity index (χ0) is 25.2. The minimum Gasteiger partial charge on any atom is -0.340 e. The van der Waals surface area contributed by atoms with Crippen molar-refractivity contribution in [3.8, 4) is 12.1 Å². The van der Waals surface area contributed by atoms with Crippen LogP contribution in [-0.4, -0.2) is 9.97 Å². The van der Waals surface area contributed by atoms with Gasteiger partial charge in [0, 0.05) is 23.6 Å².